The molecule has 4 aliphatic rings. The van der Waals surface area contributed by atoms with Crippen molar-refractivity contribution < 1.29 is 0 Å². The highest BCUT2D eigenvalue weighted by Crippen LogP contribution is 2.39. The second kappa shape index (κ2) is 6.99. The third-order valence-corrected chi connectivity index (χ3v) is 6.94. The molecule has 0 aromatic carbocycles. The zero-order chi connectivity index (χ0) is 16.5. The van der Waals surface area contributed by atoms with Gasteiger partial charge < -0.3 is 19.6 Å². The minimum atomic E-state index is 0.710. The van der Waals surface area contributed by atoms with Crippen LogP contribution in [0, 0.1) is 10.8 Å². The lowest BCUT2D eigenvalue weighted by molar-refractivity contribution is -0.0264. The van der Waals surface area contributed by atoms with Crippen LogP contribution in [0.15, 0.2) is 0 Å². The van der Waals surface area contributed by atoms with Crippen molar-refractivity contribution in [3.8, 4) is 0 Å². The molecule has 0 aromatic rings. The normalized spacial score (nSPS) is 31.8. The molecule has 4 heteroatoms. The lowest BCUT2D eigenvalue weighted by Gasteiger charge is -2.52. The van der Waals surface area contributed by atoms with Crippen LogP contribution in [-0.2, 0) is 0 Å². The average molecular weight is 323 g/mol. The second-order valence-electron chi connectivity index (χ2n) is 9.27. The summed E-state index contributed by atoms with van der Waals surface area (Å²) in [5.74, 6) is 0. The highest BCUT2D eigenvalue weighted by atomic mass is 15.2. The zero-order valence-electron chi connectivity index (χ0n) is 16.0. The third kappa shape index (κ3) is 4.28. The Bertz CT molecular complexity index is 373. The Morgan fingerprint density at radius 3 is 1.17 bits per heavy atom. The molecule has 23 heavy (non-hydrogen) atoms. The summed E-state index contributed by atoms with van der Waals surface area (Å²) in [4.78, 5) is 9.84. The fourth-order valence-electron chi connectivity index (χ4n) is 5.17. The van der Waals surface area contributed by atoms with Gasteiger partial charge in [-0.15, -0.1) is 0 Å². The predicted octanol–water partition coefficient (Wildman–Crippen LogP) is 1.68. The van der Waals surface area contributed by atoms with Crippen LogP contribution in [0.5, 0.6) is 0 Å². The zero-order valence-corrected chi connectivity index (χ0v) is 16.0. The molecule has 4 heterocycles. The van der Waals surface area contributed by atoms with Gasteiger partial charge in [0, 0.05) is 19.6 Å². The van der Waals surface area contributed by atoms with Gasteiger partial charge in [0.25, 0.3) is 0 Å². The van der Waals surface area contributed by atoms with Crippen molar-refractivity contribution in [1.82, 2.24) is 19.6 Å². The molecule has 4 nitrogen and oxygen atoms in total. The van der Waals surface area contributed by atoms with Crippen molar-refractivity contribution in [2.75, 3.05) is 80.5 Å². The fraction of sp³-hybridized carbons (Fsp3) is 1.00. The largest absolute Gasteiger partial charge is 0.306 e. The molecular weight excluding hydrogens is 284 g/mol. The summed E-state index contributed by atoms with van der Waals surface area (Å²) in [5, 5.41) is 0. The molecule has 0 saturated carbocycles. The van der Waals surface area contributed by atoms with Crippen LogP contribution >= 0.6 is 0 Å². The molecule has 4 fully saturated rings. The first-order valence-electron chi connectivity index (χ1n) is 9.65. The maximum absolute atomic E-state index is 2.49. The van der Waals surface area contributed by atoms with E-state index in [1.165, 1.54) is 84.5 Å². The van der Waals surface area contributed by atoms with Gasteiger partial charge in [-0.25, -0.2) is 0 Å². The monoisotopic (exact) mass is 322 g/mol. The van der Waals surface area contributed by atoms with Gasteiger partial charge in [-0.05, 0) is 104 Å². The molecule has 0 amide bonds. The molecule has 0 aliphatic carbocycles. The van der Waals surface area contributed by atoms with Gasteiger partial charge in [0.1, 0.15) is 0 Å². The molecule has 4 saturated heterocycles. The van der Waals surface area contributed by atoms with Crippen LogP contribution in [0.25, 0.3) is 0 Å². The molecule has 0 atom stereocenters. The lowest BCUT2D eigenvalue weighted by Crippen LogP contribution is -2.58. The Kier molecular flexibility index (Phi) is 5.37. The van der Waals surface area contributed by atoms with Crippen LogP contribution in [0.4, 0.5) is 0 Å². The van der Waals surface area contributed by atoms with Crippen LogP contribution in [0.1, 0.15) is 32.1 Å². The second-order valence-corrected chi connectivity index (χ2v) is 9.27. The summed E-state index contributed by atoms with van der Waals surface area (Å²) < 4.78 is 0. The van der Waals surface area contributed by atoms with Gasteiger partial charge in [-0.3, -0.25) is 0 Å². The van der Waals surface area contributed by atoms with Crippen molar-refractivity contribution >= 4 is 0 Å². The van der Waals surface area contributed by atoms with E-state index in [4.69, 9.17) is 0 Å². The summed E-state index contributed by atoms with van der Waals surface area (Å²) >= 11 is 0. The van der Waals surface area contributed by atoms with Crippen molar-refractivity contribution in [3.63, 3.8) is 0 Å². The first kappa shape index (κ1) is 17.7. The predicted molar refractivity (Wildman–Crippen MR) is 97.9 cm³/mol. The number of likely N-dealkylation sites (tertiary alicyclic amines) is 4. The first-order chi connectivity index (χ1) is 10.9. The van der Waals surface area contributed by atoms with Crippen molar-refractivity contribution in [2.24, 2.45) is 10.8 Å². The molecule has 0 unspecified atom stereocenters. The van der Waals surface area contributed by atoms with Crippen molar-refractivity contribution in [1.29, 1.82) is 0 Å². The Morgan fingerprint density at radius 2 is 0.783 bits per heavy atom. The number of hydrogen-bond donors (Lipinski definition) is 0. The standard InChI is InChI=1S/C10H20N2.C9H18N2/c1-11-6-3-10(4-7-11)5-8-12(2)9-10;1-10-5-3-9(4-6-10)7-11(2)8-9/h3-9H2,1-2H3;3-8H2,1-2H3. The number of piperidine rings is 2. The summed E-state index contributed by atoms with van der Waals surface area (Å²) in [6, 6.07) is 0. The van der Waals surface area contributed by atoms with E-state index in [0.717, 1.165) is 5.41 Å². The van der Waals surface area contributed by atoms with Gasteiger partial charge in [0.05, 0.1) is 0 Å². The molecule has 0 aromatic heterocycles. The minimum absolute atomic E-state index is 0.710. The van der Waals surface area contributed by atoms with Gasteiger partial charge >= 0.3 is 0 Å². The number of rotatable bonds is 0. The Morgan fingerprint density at radius 1 is 0.435 bits per heavy atom. The summed E-state index contributed by atoms with van der Waals surface area (Å²) in [5.41, 5.74) is 1.45. The molecule has 0 bridgehead atoms. The van der Waals surface area contributed by atoms with Gasteiger partial charge in [-0.2, -0.15) is 0 Å². The topological polar surface area (TPSA) is 13.0 Å². The summed E-state index contributed by atoms with van der Waals surface area (Å²) in [6.07, 6.45) is 7.14. The number of hydrogen-bond acceptors (Lipinski definition) is 4. The SMILES string of the molecule is CN1CCC2(CC1)CCN(C)C2.CN1CCC2(CC1)CN(C)C2. The highest BCUT2D eigenvalue weighted by molar-refractivity contribution is 4.96. The lowest BCUT2D eigenvalue weighted by atomic mass is 9.72. The van der Waals surface area contributed by atoms with Crippen molar-refractivity contribution in [3.05, 3.63) is 0 Å². The number of nitrogens with zero attached hydrogens (tertiary/aromatic N) is 4. The third-order valence-electron chi connectivity index (χ3n) is 6.94. The van der Waals surface area contributed by atoms with Crippen LogP contribution in [-0.4, -0.2) is 100 Å². The van der Waals surface area contributed by atoms with E-state index >= 15 is 0 Å². The van der Waals surface area contributed by atoms with Crippen molar-refractivity contribution in [2.45, 2.75) is 32.1 Å². The molecule has 0 radical (unpaired) electrons. The van der Waals surface area contributed by atoms with E-state index in [9.17, 15) is 0 Å². The highest BCUT2D eigenvalue weighted by Gasteiger charge is 2.42. The first-order valence-corrected chi connectivity index (χ1v) is 9.65. The maximum atomic E-state index is 2.49. The summed E-state index contributed by atoms with van der Waals surface area (Å²) in [7, 11) is 8.96. The van der Waals surface area contributed by atoms with E-state index < -0.39 is 0 Å². The molecule has 134 valence electrons. The van der Waals surface area contributed by atoms with E-state index in [2.05, 4.69) is 47.8 Å². The quantitative estimate of drug-likeness (QED) is 0.673. The Balaban J connectivity index is 0.000000136. The van der Waals surface area contributed by atoms with Crippen LogP contribution in [0.3, 0.4) is 0 Å². The molecule has 2 spiro atoms. The fourth-order valence-corrected chi connectivity index (χ4v) is 5.17. The van der Waals surface area contributed by atoms with Gasteiger partial charge in [0.15, 0.2) is 0 Å². The van der Waals surface area contributed by atoms with E-state index in [1.807, 2.05) is 0 Å². The van der Waals surface area contributed by atoms with Gasteiger partial charge in [0.2, 0.25) is 0 Å². The molecular formula is C19H38N4. The van der Waals surface area contributed by atoms with Crippen LogP contribution in [0.2, 0.25) is 0 Å². The molecule has 4 rings (SSSR count). The average Bonchev–Trinajstić information content (AvgIpc) is 2.86. The molecule has 0 N–H and O–H groups in total. The molecule has 4 aliphatic heterocycles. The Labute approximate surface area is 143 Å². The van der Waals surface area contributed by atoms with E-state index in [0.29, 0.717) is 5.41 Å². The van der Waals surface area contributed by atoms with E-state index in [1.54, 1.807) is 0 Å². The maximum Gasteiger partial charge on any atom is 0.00484 e. The minimum Gasteiger partial charge on any atom is -0.306 e. The Hall–Kier alpha value is -0.160. The van der Waals surface area contributed by atoms with Crippen LogP contribution < -0.4 is 0 Å². The smallest absolute Gasteiger partial charge is 0.00484 e. The van der Waals surface area contributed by atoms with E-state index in [-0.39, 0.29) is 0 Å². The summed E-state index contributed by atoms with van der Waals surface area (Å²) in [6.45, 7) is 10.6. The van der Waals surface area contributed by atoms with Gasteiger partial charge in [-0.1, -0.05) is 0 Å².